The quantitative estimate of drug-likeness (QED) is 0.0143. The fourth-order valence-electron chi connectivity index (χ4n) is 22.5. The molecule has 11 N–H and O–H groups in total. The Morgan fingerprint density at radius 3 is 1.25 bits per heavy atom. The summed E-state index contributed by atoms with van der Waals surface area (Å²) in [6.45, 7) is 38.9. The number of sulfone groups is 1. The van der Waals surface area contributed by atoms with E-state index in [-0.39, 0.29) is 131 Å². The van der Waals surface area contributed by atoms with Crippen LogP contribution in [0.3, 0.4) is 0 Å². The van der Waals surface area contributed by atoms with Crippen LogP contribution in [0.1, 0.15) is 242 Å². The van der Waals surface area contributed by atoms with Gasteiger partial charge in [-0.05, 0) is 230 Å². The highest BCUT2D eigenvalue weighted by Gasteiger charge is 2.73. The molecule has 35 heteroatoms. The zero-order valence-electron chi connectivity index (χ0n) is 86.7. The first-order chi connectivity index (χ1) is 67.2. The first-order valence-electron chi connectivity index (χ1n) is 51.4. The SMILES string of the molecule is C=CCCC(NC(=O)[C@@H]1[C@@H]2[C@H](CN1C(=O)[C@@H](NC(=O)NC(C)(C)C)C1CCCCC1)C2(C)C)C(=O)C(=O)NCC(=O)OC(C)(C)c1ccccc1.C=CCCC(NC(=O)[C@@H]1[C@@H]2[C@H](CN1C(=O)[C@@H](NC(=O)NC(C)(C)C)C1CCCCC1)C2(C)C)C(=O)C(=O)NCCS(=O)(=O)Cc1ccccc1.CNC(=O)C(=O)C(CC1CC1)NC(=O)[C@@H]1[C@@H]2[C@H](CN1C(=O)[C@@H](NC(=O)OCC(C)C)C1Cc3ccccc3C1)C2(C)C. The third-order valence-electron chi connectivity index (χ3n) is 30.8. The molecule has 3 aliphatic heterocycles. The Morgan fingerprint density at radius 1 is 0.476 bits per heavy atom. The molecular weight excluding hydrogens is 1850 g/mol. The maximum absolute atomic E-state index is 14.4. The summed E-state index contributed by atoms with van der Waals surface area (Å²) < 4.78 is 36.2. The third-order valence-corrected chi connectivity index (χ3v) is 32.4. The van der Waals surface area contributed by atoms with Gasteiger partial charge in [0, 0.05) is 44.3 Å². The number of ether oxygens (including phenoxy) is 2. The molecule has 3 heterocycles. The minimum Gasteiger partial charge on any atom is -0.453 e. The topological polar surface area (TPSA) is 468 Å². The number of allylic oxidation sites excluding steroid dienone is 2. The highest BCUT2D eigenvalue weighted by atomic mass is 32.2. The first-order valence-corrected chi connectivity index (χ1v) is 53.2. The number of Topliss-reactive ketones (excluding diaryl/α,β-unsaturated/α-hetero) is 3. The Bertz CT molecular complexity index is 5260. The van der Waals surface area contributed by atoms with Gasteiger partial charge in [0.2, 0.25) is 52.8 Å². The Kier molecular flexibility index (Phi) is 37.0. The molecule has 6 saturated carbocycles. The number of carbonyl (C=O) groups is 16. The lowest BCUT2D eigenvalue weighted by atomic mass is 9.83. The van der Waals surface area contributed by atoms with Crippen molar-refractivity contribution >= 4 is 104 Å². The Morgan fingerprint density at radius 2 is 0.860 bits per heavy atom. The molecule has 15 atom stereocenters. The van der Waals surface area contributed by atoms with Gasteiger partial charge >= 0.3 is 24.1 Å². The van der Waals surface area contributed by atoms with E-state index in [1.807, 2.05) is 110 Å². The number of hydrogen-bond donors (Lipinski definition) is 11. The molecule has 10 aliphatic rings. The van der Waals surface area contributed by atoms with Crippen LogP contribution in [0.2, 0.25) is 0 Å². The molecule has 34 nitrogen and oxygen atoms in total. The monoisotopic (exact) mass is 2000 g/mol. The summed E-state index contributed by atoms with van der Waals surface area (Å²) in [5, 5.41) is 30.1. The highest BCUT2D eigenvalue weighted by molar-refractivity contribution is 7.90. The van der Waals surface area contributed by atoms with Crippen LogP contribution in [0, 0.1) is 81.3 Å². The van der Waals surface area contributed by atoms with Crippen molar-refractivity contribution in [2.24, 2.45) is 81.3 Å². The van der Waals surface area contributed by atoms with Gasteiger partial charge in [0.1, 0.15) is 48.4 Å². The number of hydrogen-bond acceptors (Lipinski definition) is 20. The zero-order valence-corrected chi connectivity index (χ0v) is 87.5. The molecule has 13 rings (SSSR count). The van der Waals surface area contributed by atoms with Crippen LogP contribution in [0.25, 0.3) is 0 Å². The van der Waals surface area contributed by atoms with Gasteiger partial charge in [0.15, 0.2) is 9.84 Å². The van der Waals surface area contributed by atoms with Crippen molar-refractivity contribution in [3.05, 3.63) is 132 Å². The number of amides is 14. The van der Waals surface area contributed by atoms with Crippen molar-refractivity contribution in [1.82, 2.24) is 73.2 Å². The van der Waals surface area contributed by atoms with Gasteiger partial charge < -0.3 is 82.7 Å². The van der Waals surface area contributed by atoms with E-state index in [2.05, 4.69) is 113 Å². The smallest absolute Gasteiger partial charge is 0.407 e. The molecule has 7 aliphatic carbocycles. The second-order valence-electron chi connectivity index (χ2n) is 45.8. The van der Waals surface area contributed by atoms with Gasteiger partial charge in [-0.2, -0.15) is 0 Å². The van der Waals surface area contributed by atoms with E-state index in [0.717, 1.165) is 93.7 Å². The summed E-state index contributed by atoms with van der Waals surface area (Å²) in [6.07, 6.45) is 16.1. The summed E-state index contributed by atoms with van der Waals surface area (Å²) in [6, 6.07) is 16.6. The van der Waals surface area contributed by atoms with E-state index >= 15 is 0 Å². The van der Waals surface area contributed by atoms with Gasteiger partial charge in [-0.25, -0.2) is 22.8 Å². The highest BCUT2D eigenvalue weighted by Crippen LogP contribution is 2.67. The molecule has 9 fully saturated rings. The lowest BCUT2D eigenvalue weighted by Crippen LogP contribution is -2.61. The number of nitrogens with zero attached hydrogens (tertiary/aromatic N) is 3. The molecule has 0 radical (unpaired) electrons. The van der Waals surface area contributed by atoms with E-state index < -0.39 is 164 Å². The van der Waals surface area contributed by atoms with Crippen LogP contribution in [-0.2, 0) is 106 Å². The number of nitrogens with one attached hydrogen (secondary N) is 11. The zero-order chi connectivity index (χ0) is 105. The van der Waals surface area contributed by atoms with Crippen LogP contribution in [0.15, 0.2) is 110 Å². The number of piperidine rings is 3. The van der Waals surface area contributed by atoms with Crippen LogP contribution in [0.5, 0.6) is 0 Å². The Hall–Kier alpha value is -11.4. The lowest BCUT2D eigenvalue weighted by Gasteiger charge is -2.37. The van der Waals surface area contributed by atoms with Crippen molar-refractivity contribution < 1.29 is 94.6 Å². The fourth-order valence-corrected chi connectivity index (χ4v) is 23.7. The van der Waals surface area contributed by atoms with Crippen LogP contribution < -0.4 is 58.5 Å². The van der Waals surface area contributed by atoms with Gasteiger partial charge in [-0.1, -0.05) is 204 Å². The summed E-state index contributed by atoms with van der Waals surface area (Å²) in [4.78, 5) is 220. The molecule has 3 aromatic carbocycles. The largest absolute Gasteiger partial charge is 0.453 e. The summed E-state index contributed by atoms with van der Waals surface area (Å²) >= 11 is 0. The van der Waals surface area contributed by atoms with E-state index in [9.17, 15) is 85.1 Å². The average molecular weight is 2000 g/mol. The van der Waals surface area contributed by atoms with E-state index in [4.69, 9.17) is 9.47 Å². The van der Waals surface area contributed by atoms with Crippen LogP contribution in [0.4, 0.5) is 14.4 Å². The van der Waals surface area contributed by atoms with E-state index in [1.165, 1.54) is 7.05 Å². The van der Waals surface area contributed by atoms with Gasteiger partial charge in [-0.15, -0.1) is 13.2 Å². The van der Waals surface area contributed by atoms with Gasteiger partial charge in [-0.3, -0.25) is 62.3 Å². The molecule has 3 saturated heterocycles. The molecule has 143 heavy (non-hydrogen) atoms. The molecule has 3 unspecified atom stereocenters. The fraction of sp³-hybridized carbons (Fsp3) is 0.648. The number of ketones is 3. The maximum Gasteiger partial charge on any atom is 0.407 e. The van der Waals surface area contributed by atoms with Crippen molar-refractivity contribution in [2.75, 3.05) is 52.1 Å². The molecule has 0 aromatic heterocycles. The van der Waals surface area contributed by atoms with Gasteiger partial charge in [0.25, 0.3) is 17.7 Å². The summed E-state index contributed by atoms with van der Waals surface area (Å²) in [5.41, 5.74) is 1.14. The predicted octanol–water partition coefficient (Wildman–Crippen LogP) is 9.63. The van der Waals surface area contributed by atoms with Crippen molar-refractivity contribution in [3.8, 4) is 0 Å². The van der Waals surface area contributed by atoms with Crippen molar-refractivity contribution in [3.63, 3.8) is 0 Å². The number of carbonyl (C=O) groups excluding carboxylic acids is 16. The molecule has 14 amide bonds. The standard InChI is InChI=1S/C39H57N5O7.C37H55N5O7S.C32H44N4O6/c1-9-10-21-27(32(46)34(48)40-22-28(45)51-39(7,8)25-19-15-12-16-20-25)41-33(47)31-29-26(38(29,5)6)23-44(31)35(49)30(24-17-13-11-14-18-24)42-36(50)43-37(2,3)4;1-7-8-19-27(31(43)33(45)38-20-21-50(48,49)23-24-15-11-9-12-16-24)39-32(44)30-28-26(37(28,5)6)22-42(30)34(46)29(25-17-13-10-14-18-25)40-35(47)41-36(2,3)4;1-17(2)16-42-31(41)35-25(21-13-19-8-6-7-9-20(19)14-21)30(40)36-15-22-24(32(22,3)4)26(36)28(38)34-23(12-18-10-11-18)27(37)29(39)33-5/h9,12,15-16,19-20,24,26-27,29-31H,1,10-11,13-14,17-18,21-23H2,2-8H3,(H,40,48)(H,41,47)(H2,42,43,50);7,9,11-12,15-16,25-30H,1,8,10,13-14,17-23H2,2-6H3,(H,38,45)(H,39,44)(H2,40,41,47);6-9,17-18,21-26H,10-16H2,1-5H3,(H,33,39)(H,34,38)(H,35,41)/t26-,27?,29-,30-,31-;26-,27?,28-,29-,30-;22-,23?,24-,25-,26-/m000/s1. The lowest BCUT2D eigenvalue weighted by molar-refractivity contribution is -0.157. The minimum absolute atomic E-state index is 0.0683. The number of alkyl carbamates (subject to hydrolysis) is 1. The molecule has 0 spiro atoms. The van der Waals surface area contributed by atoms with Gasteiger partial charge in [0.05, 0.1) is 36.2 Å². The van der Waals surface area contributed by atoms with Crippen molar-refractivity contribution in [1.29, 1.82) is 0 Å². The van der Waals surface area contributed by atoms with E-state index in [1.54, 1.807) is 71.0 Å². The summed E-state index contributed by atoms with van der Waals surface area (Å²) in [7, 11) is -2.16. The number of esters is 1. The molecular formula is C108H156N14O20S. The van der Waals surface area contributed by atoms with E-state index in [0.29, 0.717) is 63.2 Å². The second-order valence-corrected chi connectivity index (χ2v) is 48.0. The number of fused-ring (bicyclic) bond motifs is 4. The van der Waals surface area contributed by atoms with Crippen LogP contribution in [-0.4, -0.2) is 235 Å². The minimum atomic E-state index is -3.56. The third kappa shape index (κ3) is 28.9. The number of likely N-dealkylation sites (N-methyl/N-ethyl adjacent to an activating group) is 1. The molecule has 0 bridgehead atoms. The maximum atomic E-state index is 14.4. The molecule has 784 valence electrons. The normalized spacial score (nSPS) is 23.3. The van der Waals surface area contributed by atoms with Crippen molar-refractivity contribution in [2.45, 2.75) is 310 Å². The second kappa shape index (κ2) is 47.2. The predicted molar refractivity (Wildman–Crippen MR) is 539 cm³/mol. The number of likely N-dealkylation sites (tertiary alicyclic amines) is 3. The average Bonchev–Trinajstić information content (AvgIpc) is 1.53. The summed E-state index contributed by atoms with van der Waals surface area (Å²) in [5.74, 6) is -8.92. The number of urea groups is 2. The number of benzene rings is 3. The number of rotatable bonds is 40. The molecule has 3 aromatic rings. The Balaban J connectivity index is 0.000000206. The Labute approximate surface area is 843 Å². The van der Waals surface area contributed by atoms with Crippen LogP contribution >= 0.6 is 0 Å². The first kappa shape index (κ1) is 112.